The van der Waals surface area contributed by atoms with E-state index in [9.17, 15) is 10.1 Å². The molecule has 186 valence electrons. The number of benzene rings is 2. The van der Waals surface area contributed by atoms with E-state index in [-0.39, 0.29) is 17.5 Å². The summed E-state index contributed by atoms with van der Waals surface area (Å²) >= 11 is 0. The molecule has 1 amide bonds. The molecule has 0 atom stereocenters. The minimum Gasteiger partial charge on any atom is -0.494 e. The third-order valence-electron chi connectivity index (χ3n) is 6.59. The predicted octanol–water partition coefficient (Wildman–Crippen LogP) is 6.38. The maximum absolute atomic E-state index is 13.0. The third-order valence-corrected chi connectivity index (χ3v) is 6.59. The molecule has 1 aliphatic carbocycles. The van der Waals surface area contributed by atoms with Gasteiger partial charge >= 0.3 is 0 Å². The van der Waals surface area contributed by atoms with Crippen molar-refractivity contribution in [1.82, 2.24) is 15.1 Å². The van der Waals surface area contributed by atoms with Crippen LogP contribution in [-0.2, 0) is 4.79 Å². The lowest BCUT2D eigenvalue weighted by Crippen LogP contribution is -2.36. The number of amides is 1. The molecule has 0 saturated heterocycles. The van der Waals surface area contributed by atoms with Crippen LogP contribution in [0.3, 0.4) is 0 Å². The Hall–Kier alpha value is -3.85. The summed E-state index contributed by atoms with van der Waals surface area (Å²) in [4.78, 5) is 13.0. The lowest BCUT2D eigenvalue weighted by atomic mass is 9.95. The average molecular weight is 483 g/mol. The predicted molar refractivity (Wildman–Crippen MR) is 143 cm³/mol. The minimum absolute atomic E-state index is 0.0895. The van der Waals surface area contributed by atoms with E-state index in [1.54, 1.807) is 10.8 Å². The largest absolute Gasteiger partial charge is 0.494 e. The van der Waals surface area contributed by atoms with Crippen molar-refractivity contribution in [3.8, 4) is 28.8 Å². The molecule has 4 rings (SSSR count). The van der Waals surface area contributed by atoms with Crippen LogP contribution in [0.4, 0.5) is 0 Å². The highest BCUT2D eigenvalue weighted by molar-refractivity contribution is 6.02. The number of carbonyl (C=O) groups excluding carboxylic acids is 1. The maximum atomic E-state index is 13.0. The fourth-order valence-corrected chi connectivity index (χ4v) is 4.56. The summed E-state index contributed by atoms with van der Waals surface area (Å²) < 4.78 is 7.67. The average Bonchev–Trinajstić information content (AvgIpc) is 3.32. The lowest BCUT2D eigenvalue weighted by Gasteiger charge is -2.22. The smallest absolute Gasteiger partial charge is 0.262 e. The number of hydrogen-bond acceptors (Lipinski definition) is 4. The Bertz CT molecular complexity index is 1250. The highest BCUT2D eigenvalue weighted by atomic mass is 16.5. The van der Waals surface area contributed by atoms with E-state index in [0.717, 1.165) is 72.3 Å². The number of carbonyl (C=O) groups is 1. The summed E-state index contributed by atoms with van der Waals surface area (Å²) in [6.07, 6.45) is 11.0. The molecule has 1 aliphatic rings. The van der Waals surface area contributed by atoms with Crippen LogP contribution in [0.15, 0.2) is 60.3 Å². The molecule has 1 aromatic heterocycles. The summed E-state index contributed by atoms with van der Waals surface area (Å²) in [7, 11) is 0. The standard InChI is InChI=1S/C30H34N4O2/c1-3-4-17-36-27-15-16-28(22(2)18-27)29-24(21-34(33-29)26-13-9-6-10-14-26)19-23(20-31)30(35)32-25-11-7-5-8-12-25/h6,9-10,13-16,18-19,21,25H,3-5,7-8,11-12,17H2,1-2H3,(H,32,35). The summed E-state index contributed by atoms with van der Waals surface area (Å²) in [6, 6.07) is 18.0. The highest BCUT2D eigenvalue weighted by Crippen LogP contribution is 2.31. The Labute approximate surface area is 213 Å². The molecular formula is C30H34N4O2. The molecule has 0 unspecified atom stereocenters. The molecule has 1 N–H and O–H groups in total. The van der Waals surface area contributed by atoms with E-state index in [0.29, 0.717) is 6.61 Å². The molecule has 0 radical (unpaired) electrons. The topological polar surface area (TPSA) is 79.9 Å². The number of unbranched alkanes of at least 4 members (excludes halogenated alkanes) is 1. The molecule has 3 aromatic rings. The Morgan fingerprint density at radius 3 is 2.67 bits per heavy atom. The van der Waals surface area contributed by atoms with Crippen LogP contribution in [0.5, 0.6) is 5.75 Å². The Balaban J connectivity index is 1.69. The second-order valence-corrected chi connectivity index (χ2v) is 9.37. The van der Waals surface area contributed by atoms with Gasteiger partial charge < -0.3 is 10.1 Å². The zero-order chi connectivity index (χ0) is 25.3. The molecule has 0 bridgehead atoms. The third kappa shape index (κ3) is 6.23. The first-order valence-electron chi connectivity index (χ1n) is 12.9. The van der Waals surface area contributed by atoms with Crippen LogP contribution < -0.4 is 10.1 Å². The van der Waals surface area contributed by atoms with E-state index in [1.807, 2.05) is 61.7 Å². The van der Waals surface area contributed by atoms with Gasteiger partial charge in [0.2, 0.25) is 0 Å². The highest BCUT2D eigenvalue weighted by Gasteiger charge is 2.20. The van der Waals surface area contributed by atoms with Gasteiger partial charge in [0.15, 0.2) is 0 Å². The summed E-state index contributed by atoms with van der Waals surface area (Å²) in [5, 5.41) is 17.8. The van der Waals surface area contributed by atoms with Gasteiger partial charge in [-0.1, -0.05) is 50.8 Å². The van der Waals surface area contributed by atoms with E-state index in [1.165, 1.54) is 6.42 Å². The van der Waals surface area contributed by atoms with Crippen molar-refractivity contribution >= 4 is 12.0 Å². The van der Waals surface area contributed by atoms with Gasteiger partial charge in [-0.3, -0.25) is 4.79 Å². The number of aromatic nitrogens is 2. The van der Waals surface area contributed by atoms with Crippen LogP contribution in [0.2, 0.25) is 0 Å². The number of aryl methyl sites for hydroxylation is 1. The zero-order valence-electron chi connectivity index (χ0n) is 21.2. The van der Waals surface area contributed by atoms with Crippen molar-refractivity contribution in [1.29, 1.82) is 5.26 Å². The van der Waals surface area contributed by atoms with Crippen LogP contribution in [0.25, 0.3) is 23.0 Å². The molecule has 6 nitrogen and oxygen atoms in total. The lowest BCUT2D eigenvalue weighted by molar-refractivity contribution is -0.117. The van der Waals surface area contributed by atoms with Gasteiger partial charge in [0.05, 0.1) is 12.3 Å². The number of nitrogens with zero attached hydrogens (tertiary/aromatic N) is 3. The Morgan fingerprint density at radius 1 is 1.19 bits per heavy atom. The first-order valence-corrected chi connectivity index (χ1v) is 12.9. The normalized spacial score (nSPS) is 14.3. The quantitative estimate of drug-likeness (QED) is 0.218. The molecule has 2 aromatic carbocycles. The van der Waals surface area contributed by atoms with Gasteiger partial charge in [-0.25, -0.2) is 4.68 Å². The van der Waals surface area contributed by atoms with Crippen molar-refractivity contribution < 1.29 is 9.53 Å². The monoisotopic (exact) mass is 482 g/mol. The summed E-state index contributed by atoms with van der Waals surface area (Å²) in [5.74, 6) is 0.507. The van der Waals surface area contributed by atoms with Crippen molar-refractivity contribution in [3.63, 3.8) is 0 Å². The van der Waals surface area contributed by atoms with Gasteiger partial charge in [-0.2, -0.15) is 10.4 Å². The number of para-hydroxylation sites is 1. The first kappa shape index (κ1) is 25.2. The van der Waals surface area contributed by atoms with Crippen molar-refractivity contribution in [2.45, 2.75) is 64.8 Å². The van der Waals surface area contributed by atoms with E-state index < -0.39 is 0 Å². The minimum atomic E-state index is -0.320. The number of ether oxygens (including phenoxy) is 1. The molecule has 1 saturated carbocycles. The van der Waals surface area contributed by atoms with Crippen molar-refractivity contribution in [3.05, 3.63) is 71.4 Å². The summed E-state index contributed by atoms with van der Waals surface area (Å²) in [6.45, 7) is 4.85. The molecule has 0 spiro atoms. The number of nitriles is 1. The van der Waals surface area contributed by atoms with Gasteiger partial charge in [0, 0.05) is 23.4 Å². The Morgan fingerprint density at radius 2 is 1.97 bits per heavy atom. The van der Waals surface area contributed by atoms with Crippen LogP contribution in [0.1, 0.15) is 63.0 Å². The molecule has 1 fully saturated rings. The molecule has 1 heterocycles. The van der Waals surface area contributed by atoms with E-state index in [4.69, 9.17) is 9.84 Å². The first-order chi connectivity index (χ1) is 17.6. The number of nitrogens with one attached hydrogen (secondary N) is 1. The van der Waals surface area contributed by atoms with Crippen molar-refractivity contribution in [2.75, 3.05) is 6.61 Å². The van der Waals surface area contributed by atoms with Crippen LogP contribution >= 0.6 is 0 Å². The van der Waals surface area contributed by atoms with Gasteiger partial charge in [-0.15, -0.1) is 0 Å². The molecule has 36 heavy (non-hydrogen) atoms. The fraction of sp³-hybridized carbons (Fsp3) is 0.367. The maximum Gasteiger partial charge on any atom is 0.262 e. The number of rotatable bonds is 9. The van der Waals surface area contributed by atoms with Crippen LogP contribution in [-0.4, -0.2) is 28.3 Å². The molecular weight excluding hydrogens is 448 g/mol. The Kier molecular flexibility index (Phi) is 8.57. The van der Waals surface area contributed by atoms with Gasteiger partial charge in [0.25, 0.3) is 5.91 Å². The van der Waals surface area contributed by atoms with E-state index in [2.05, 4.69) is 18.3 Å². The molecule has 6 heteroatoms. The fourth-order valence-electron chi connectivity index (χ4n) is 4.56. The van der Waals surface area contributed by atoms with E-state index >= 15 is 0 Å². The summed E-state index contributed by atoms with van der Waals surface area (Å²) in [5.41, 5.74) is 4.38. The van der Waals surface area contributed by atoms with Gasteiger partial charge in [-0.05, 0) is 68.2 Å². The number of hydrogen-bond donors (Lipinski definition) is 1. The van der Waals surface area contributed by atoms with Crippen LogP contribution in [0, 0.1) is 18.3 Å². The SMILES string of the molecule is CCCCOc1ccc(-c2nn(-c3ccccc3)cc2C=C(C#N)C(=O)NC2CCCCC2)c(C)c1. The van der Waals surface area contributed by atoms with Gasteiger partial charge in [0.1, 0.15) is 23.1 Å². The molecule has 0 aliphatic heterocycles. The second kappa shape index (κ2) is 12.2. The second-order valence-electron chi connectivity index (χ2n) is 9.37. The zero-order valence-corrected chi connectivity index (χ0v) is 21.2. The van der Waals surface area contributed by atoms with Crippen molar-refractivity contribution in [2.24, 2.45) is 0 Å².